The Kier molecular flexibility index (Phi) is 3.36. The van der Waals surface area contributed by atoms with Crippen LogP contribution in [0.15, 0.2) is 47.1 Å². The highest BCUT2D eigenvalue weighted by Crippen LogP contribution is 2.34. The minimum atomic E-state index is 0.910. The van der Waals surface area contributed by atoms with Gasteiger partial charge in [0.05, 0.1) is 0 Å². The lowest BCUT2D eigenvalue weighted by atomic mass is 10.2. The summed E-state index contributed by atoms with van der Waals surface area (Å²) in [6.45, 7) is 5.66. The van der Waals surface area contributed by atoms with Crippen LogP contribution in [-0.2, 0) is 0 Å². The highest BCUT2D eigenvalue weighted by molar-refractivity contribution is 6.32. The molecule has 0 spiro atoms. The van der Waals surface area contributed by atoms with Crippen molar-refractivity contribution in [3.63, 3.8) is 0 Å². The Bertz CT molecular complexity index is 267. The Morgan fingerprint density at radius 2 is 2.17 bits per heavy atom. The molecule has 12 heavy (non-hydrogen) atoms. The summed E-state index contributed by atoms with van der Waals surface area (Å²) in [5, 5.41) is 0.910. The molecule has 0 atom stereocenters. The van der Waals surface area contributed by atoms with E-state index in [1.807, 2.05) is 19.1 Å². The Labute approximate surface area is 78.9 Å². The van der Waals surface area contributed by atoms with Gasteiger partial charge < -0.3 is 0 Å². The molecule has 0 unspecified atom stereocenters. The third kappa shape index (κ3) is 1.89. The van der Waals surface area contributed by atoms with Crippen LogP contribution in [0.1, 0.15) is 19.8 Å². The first kappa shape index (κ1) is 9.34. The molecule has 64 valence electrons. The van der Waals surface area contributed by atoms with Gasteiger partial charge in [-0.3, -0.25) is 0 Å². The molecule has 0 aromatic heterocycles. The molecule has 0 amide bonds. The lowest BCUT2D eigenvalue weighted by Crippen LogP contribution is -1.72. The van der Waals surface area contributed by atoms with E-state index >= 15 is 0 Å². The minimum Gasteiger partial charge on any atom is -0.0991 e. The topological polar surface area (TPSA) is 0 Å². The maximum atomic E-state index is 6.11. The van der Waals surface area contributed by atoms with Gasteiger partial charge in [0.15, 0.2) is 0 Å². The molecule has 1 aliphatic carbocycles. The largest absolute Gasteiger partial charge is 0.0991 e. The third-order valence-electron chi connectivity index (χ3n) is 1.91. The van der Waals surface area contributed by atoms with E-state index in [0.29, 0.717) is 0 Å². The van der Waals surface area contributed by atoms with Crippen LogP contribution < -0.4 is 0 Å². The van der Waals surface area contributed by atoms with Crippen LogP contribution in [0.2, 0.25) is 0 Å². The smallest absolute Gasteiger partial charge is 0.0470 e. The first-order valence-corrected chi connectivity index (χ1v) is 4.50. The van der Waals surface area contributed by atoms with Crippen molar-refractivity contribution < 1.29 is 0 Å². The van der Waals surface area contributed by atoms with E-state index in [0.717, 1.165) is 17.9 Å². The number of hydrogen-bond acceptors (Lipinski definition) is 0. The molecule has 1 aliphatic rings. The van der Waals surface area contributed by atoms with Gasteiger partial charge in [0, 0.05) is 5.03 Å². The van der Waals surface area contributed by atoms with E-state index < -0.39 is 0 Å². The molecule has 0 saturated carbocycles. The van der Waals surface area contributed by atoms with Crippen molar-refractivity contribution in [3.05, 3.63) is 47.1 Å². The molecule has 1 rings (SSSR count). The van der Waals surface area contributed by atoms with Crippen LogP contribution >= 0.6 is 11.6 Å². The van der Waals surface area contributed by atoms with Crippen LogP contribution in [0, 0.1) is 0 Å². The van der Waals surface area contributed by atoms with Gasteiger partial charge in [-0.05, 0) is 30.9 Å². The van der Waals surface area contributed by atoms with Gasteiger partial charge >= 0.3 is 0 Å². The maximum Gasteiger partial charge on any atom is 0.0470 e. The normalized spacial score (nSPS) is 21.3. The molecule has 1 heteroatoms. The van der Waals surface area contributed by atoms with Gasteiger partial charge in [0.25, 0.3) is 0 Å². The fourth-order valence-electron chi connectivity index (χ4n) is 1.35. The summed E-state index contributed by atoms with van der Waals surface area (Å²) in [5.41, 5.74) is 2.45. The Balaban J connectivity index is 2.90. The number of rotatable bonds is 2. The summed E-state index contributed by atoms with van der Waals surface area (Å²) in [7, 11) is 0. The second-order valence-electron chi connectivity index (χ2n) is 2.77. The van der Waals surface area contributed by atoms with Crippen molar-refractivity contribution in [3.8, 4) is 0 Å². The van der Waals surface area contributed by atoms with Crippen LogP contribution in [0.25, 0.3) is 0 Å². The van der Waals surface area contributed by atoms with Crippen LogP contribution in [0.3, 0.4) is 0 Å². The van der Waals surface area contributed by atoms with Crippen molar-refractivity contribution >= 4 is 11.6 Å². The summed E-state index contributed by atoms with van der Waals surface area (Å²) in [4.78, 5) is 0. The zero-order valence-corrected chi connectivity index (χ0v) is 8.06. The molecule has 0 N–H and O–H groups in total. The highest BCUT2D eigenvalue weighted by Gasteiger charge is 2.14. The molecule has 0 heterocycles. The average molecular weight is 181 g/mol. The summed E-state index contributed by atoms with van der Waals surface area (Å²) in [6, 6.07) is 0. The predicted octanol–water partition coefficient (Wildman–Crippen LogP) is 3.96. The molecular weight excluding hydrogens is 168 g/mol. The van der Waals surface area contributed by atoms with Gasteiger partial charge in [0.2, 0.25) is 0 Å². The van der Waals surface area contributed by atoms with E-state index in [1.54, 1.807) is 6.08 Å². The first-order valence-electron chi connectivity index (χ1n) is 4.13. The third-order valence-corrected chi connectivity index (χ3v) is 2.40. The van der Waals surface area contributed by atoms with Gasteiger partial charge in [0.1, 0.15) is 0 Å². The first-order chi connectivity index (χ1) is 5.79. The zero-order valence-electron chi connectivity index (χ0n) is 7.31. The lowest BCUT2D eigenvalue weighted by Gasteiger charge is -1.93. The Morgan fingerprint density at radius 3 is 2.75 bits per heavy atom. The predicted molar refractivity (Wildman–Crippen MR) is 55.2 cm³/mol. The quantitative estimate of drug-likeness (QED) is 0.604. The standard InChI is InChI=1S/C11H13Cl/c1-3-5-9-7-8-10(6-4-2)11(9)12/h3-6H,1,7-8H2,2H3. The van der Waals surface area contributed by atoms with Crippen LogP contribution in [0.5, 0.6) is 0 Å². The molecule has 0 aliphatic heterocycles. The van der Waals surface area contributed by atoms with Gasteiger partial charge in [-0.2, -0.15) is 0 Å². The Morgan fingerprint density at radius 1 is 1.42 bits per heavy atom. The number of halogens is 1. The van der Waals surface area contributed by atoms with E-state index in [-0.39, 0.29) is 0 Å². The van der Waals surface area contributed by atoms with Crippen molar-refractivity contribution in [2.45, 2.75) is 19.8 Å². The SMILES string of the molecule is C=CC=C1CCC(C=CC)=C1Cl. The summed E-state index contributed by atoms with van der Waals surface area (Å²) in [5.74, 6) is 0. The number of hydrogen-bond donors (Lipinski definition) is 0. The van der Waals surface area contributed by atoms with Crippen LogP contribution in [0.4, 0.5) is 0 Å². The van der Waals surface area contributed by atoms with E-state index in [9.17, 15) is 0 Å². The maximum absolute atomic E-state index is 6.11. The molecule has 0 aromatic carbocycles. The lowest BCUT2D eigenvalue weighted by molar-refractivity contribution is 1.03. The molecule has 0 bridgehead atoms. The summed E-state index contributed by atoms with van der Waals surface area (Å²) >= 11 is 6.11. The Hall–Kier alpha value is -0.750. The van der Waals surface area contributed by atoms with E-state index in [1.165, 1.54) is 11.1 Å². The highest BCUT2D eigenvalue weighted by atomic mass is 35.5. The minimum absolute atomic E-state index is 0.910. The van der Waals surface area contributed by atoms with Gasteiger partial charge in [-0.25, -0.2) is 0 Å². The molecular formula is C11H13Cl. The van der Waals surface area contributed by atoms with Crippen molar-refractivity contribution in [2.24, 2.45) is 0 Å². The monoisotopic (exact) mass is 180 g/mol. The van der Waals surface area contributed by atoms with E-state index in [4.69, 9.17) is 11.6 Å². The second kappa shape index (κ2) is 4.32. The van der Waals surface area contributed by atoms with Gasteiger partial charge in [-0.15, -0.1) is 0 Å². The summed E-state index contributed by atoms with van der Waals surface area (Å²) < 4.78 is 0. The second-order valence-corrected chi connectivity index (χ2v) is 3.14. The zero-order chi connectivity index (χ0) is 8.97. The fourth-order valence-corrected chi connectivity index (χ4v) is 1.67. The number of allylic oxidation sites excluding steroid dienone is 7. The fraction of sp³-hybridized carbons (Fsp3) is 0.273. The summed E-state index contributed by atoms with van der Waals surface area (Å²) in [6.07, 6.45) is 9.98. The van der Waals surface area contributed by atoms with Gasteiger partial charge in [-0.1, -0.05) is 42.5 Å². The van der Waals surface area contributed by atoms with Crippen molar-refractivity contribution in [2.75, 3.05) is 0 Å². The average Bonchev–Trinajstić information content (AvgIpc) is 2.38. The molecule has 0 aromatic rings. The van der Waals surface area contributed by atoms with E-state index in [2.05, 4.69) is 12.7 Å². The molecule has 0 fully saturated rings. The molecule has 0 nitrogen and oxygen atoms in total. The molecule has 0 saturated heterocycles. The van der Waals surface area contributed by atoms with Crippen molar-refractivity contribution in [1.29, 1.82) is 0 Å². The van der Waals surface area contributed by atoms with Crippen molar-refractivity contribution in [1.82, 2.24) is 0 Å². The molecule has 0 radical (unpaired) electrons. The van der Waals surface area contributed by atoms with Crippen LogP contribution in [-0.4, -0.2) is 0 Å².